The van der Waals surface area contributed by atoms with Gasteiger partial charge in [-0.1, -0.05) is 11.8 Å². The first-order chi connectivity index (χ1) is 9.44. The van der Waals surface area contributed by atoms with E-state index >= 15 is 0 Å². The number of aliphatic hydroxyl groups excluding tert-OH is 2. The Morgan fingerprint density at radius 3 is 2.55 bits per heavy atom. The van der Waals surface area contributed by atoms with Gasteiger partial charge in [-0.15, -0.1) is 11.3 Å². The maximum Gasteiger partial charge on any atom is 0.401 e. The molecule has 0 aliphatic rings. The van der Waals surface area contributed by atoms with Gasteiger partial charge in [-0.2, -0.15) is 13.2 Å². The lowest BCUT2D eigenvalue weighted by molar-refractivity contribution is -0.147. The van der Waals surface area contributed by atoms with Crippen LogP contribution in [0.2, 0.25) is 0 Å². The molecule has 0 aromatic carbocycles. The van der Waals surface area contributed by atoms with Crippen molar-refractivity contribution >= 4 is 11.3 Å². The Labute approximate surface area is 119 Å². The largest absolute Gasteiger partial charge is 0.401 e. The predicted molar refractivity (Wildman–Crippen MR) is 71.3 cm³/mol. The quantitative estimate of drug-likeness (QED) is 0.788. The maximum atomic E-state index is 12.4. The Bertz CT molecular complexity index is 462. The molecule has 20 heavy (non-hydrogen) atoms. The third-order valence-corrected chi connectivity index (χ3v) is 3.29. The molecule has 0 unspecified atom stereocenters. The van der Waals surface area contributed by atoms with E-state index in [1.54, 1.807) is 12.1 Å². The summed E-state index contributed by atoms with van der Waals surface area (Å²) in [6.07, 6.45) is -3.91. The van der Waals surface area contributed by atoms with Gasteiger partial charge in [-0.05, 0) is 12.1 Å². The van der Waals surface area contributed by atoms with Crippen molar-refractivity contribution in [3.05, 3.63) is 21.9 Å². The molecule has 0 bridgehead atoms. The van der Waals surface area contributed by atoms with Gasteiger partial charge in [0.2, 0.25) is 0 Å². The second-order valence-corrected chi connectivity index (χ2v) is 5.26. The van der Waals surface area contributed by atoms with E-state index in [-0.39, 0.29) is 26.3 Å². The Morgan fingerprint density at radius 1 is 1.20 bits per heavy atom. The van der Waals surface area contributed by atoms with Crippen molar-refractivity contribution in [3.8, 4) is 11.8 Å². The molecule has 2 N–H and O–H groups in total. The van der Waals surface area contributed by atoms with Gasteiger partial charge in [0.05, 0.1) is 24.6 Å². The molecule has 0 spiro atoms. The van der Waals surface area contributed by atoms with Crippen molar-refractivity contribution < 1.29 is 23.4 Å². The monoisotopic (exact) mass is 307 g/mol. The van der Waals surface area contributed by atoms with Crippen LogP contribution in [0.15, 0.2) is 12.1 Å². The highest BCUT2D eigenvalue weighted by molar-refractivity contribution is 7.12. The van der Waals surface area contributed by atoms with Crippen LogP contribution in [-0.4, -0.2) is 47.6 Å². The summed E-state index contributed by atoms with van der Waals surface area (Å²) in [5, 5.41) is 17.4. The van der Waals surface area contributed by atoms with Crippen molar-refractivity contribution in [3.63, 3.8) is 0 Å². The molecule has 7 heteroatoms. The lowest BCUT2D eigenvalue weighted by atomic mass is 10.3. The van der Waals surface area contributed by atoms with Gasteiger partial charge >= 0.3 is 6.18 Å². The second-order valence-electron chi connectivity index (χ2n) is 4.09. The topological polar surface area (TPSA) is 43.7 Å². The number of hydrogen-bond donors (Lipinski definition) is 2. The van der Waals surface area contributed by atoms with E-state index in [0.717, 1.165) is 14.7 Å². The minimum Gasteiger partial charge on any atom is -0.395 e. The van der Waals surface area contributed by atoms with Gasteiger partial charge < -0.3 is 10.2 Å². The summed E-state index contributed by atoms with van der Waals surface area (Å²) < 4.78 is 37.1. The number of aliphatic hydroxyl groups is 2. The standard InChI is InChI=1S/C13H16F3NO2S/c14-13(15,16)10-17(6-8-19)9-12-5-4-11(20-12)3-1-2-7-18/h4-5,18-19H,2,6-10H2. The van der Waals surface area contributed by atoms with Crippen LogP contribution in [0.5, 0.6) is 0 Å². The third-order valence-electron chi connectivity index (χ3n) is 2.31. The highest BCUT2D eigenvalue weighted by Gasteiger charge is 2.30. The Morgan fingerprint density at radius 2 is 1.95 bits per heavy atom. The first-order valence-electron chi connectivity index (χ1n) is 6.03. The number of nitrogens with zero attached hydrogens (tertiary/aromatic N) is 1. The molecule has 1 heterocycles. The highest BCUT2D eigenvalue weighted by Crippen LogP contribution is 2.21. The molecule has 0 radical (unpaired) electrons. The fraction of sp³-hybridized carbons (Fsp3) is 0.538. The van der Waals surface area contributed by atoms with Gasteiger partial charge in [0.25, 0.3) is 0 Å². The lowest BCUT2D eigenvalue weighted by Gasteiger charge is -2.21. The normalized spacial score (nSPS) is 11.5. The first kappa shape index (κ1) is 17.0. The molecular formula is C13H16F3NO2S. The summed E-state index contributed by atoms with van der Waals surface area (Å²) in [6.45, 7) is -1.27. The molecule has 0 fully saturated rings. The van der Waals surface area contributed by atoms with Crippen LogP contribution < -0.4 is 0 Å². The third kappa shape index (κ3) is 6.91. The fourth-order valence-electron chi connectivity index (χ4n) is 1.56. The summed E-state index contributed by atoms with van der Waals surface area (Å²) in [5.41, 5.74) is 0. The molecule has 0 atom stereocenters. The highest BCUT2D eigenvalue weighted by atomic mass is 32.1. The minimum atomic E-state index is -4.28. The van der Waals surface area contributed by atoms with Crippen molar-refractivity contribution in [1.82, 2.24) is 4.90 Å². The Kier molecular flexibility index (Phi) is 7.02. The van der Waals surface area contributed by atoms with Crippen LogP contribution in [0.25, 0.3) is 0 Å². The van der Waals surface area contributed by atoms with E-state index < -0.39 is 12.7 Å². The van der Waals surface area contributed by atoms with Gasteiger partial charge in [0, 0.05) is 24.4 Å². The predicted octanol–water partition coefficient (Wildman–Crippen LogP) is 1.84. The number of rotatable bonds is 6. The molecular weight excluding hydrogens is 291 g/mol. The molecule has 112 valence electrons. The van der Waals surface area contributed by atoms with E-state index in [0.29, 0.717) is 6.42 Å². The van der Waals surface area contributed by atoms with Crippen LogP contribution in [0, 0.1) is 11.8 Å². The van der Waals surface area contributed by atoms with E-state index in [1.165, 1.54) is 11.3 Å². The number of alkyl halides is 3. The average Bonchev–Trinajstić information content (AvgIpc) is 2.75. The zero-order chi connectivity index (χ0) is 15.0. The van der Waals surface area contributed by atoms with Gasteiger partial charge in [-0.25, -0.2) is 0 Å². The molecule has 0 amide bonds. The van der Waals surface area contributed by atoms with Crippen molar-refractivity contribution in [1.29, 1.82) is 0 Å². The van der Waals surface area contributed by atoms with E-state index in [2.05, 4.69) is 11.8 Å². The SMILES string of the molecule is OCCC#Cc1ccc(CN(CCO)CC(F)(F)F)s1. The van der Waals surface area contributed by atoms with Crippen molar-refractivity contribution in [2.45, 2.75) is 19.1 Å². The average molecular weight is 307 g/mol. The van der Waals surface area contributed by atoms with Crippen LogP contribution in [-0.2, 0) is 6.54 Å². The fourth-order valence-corrected chi connectivity index (χ4v) is 2.49. The summed E-state index contributed by atoms with van der Waals surface area (Å²) in [6, 6.07) is 3.48. The minimum absolute atomic E-state index is 0.0128. The molecule has 0 aliphatic heterocycles. The molecule has 0 saturated carbocycles. The van der Waals surface area contributed by atoms with Crippen molar-refractivity contribution in [2.75, 3.05) is 26.3 Å². The smallest absolute Gasteiger partial charge is 0.395 e. The van der Waals surface area contributed by atoms with E-state index in [9.17, 15) is 13.2 Å². The van der Waals surface area contributed by atoms with E-state index in [4.69, 9.17) is 10.2 Å². The summed E-state index contributed by atoms with van der Waals surface area (Å²) in [4.78, 5) is 2.66. The van der Waals surface area contributed by atoms with Crippen LogP contribution in [0.3, 0.4) is 0 Å². The van der Waals surface area contributed by atoms with Gasteiger partial charge in [0.15, 0.2) is 0 Å². The number of thiophene rings is 1. The van der Waals surface area contributed by atoms with Crippen molar-refractivity contribution in [2.24, 2.45) is 0 Å². The maximum absolute atomic E-state index is 12.4. The summed E-state index contributed by atoms with van der Waals surface area (Å²) in [5.74, 6) is 5.60. The van der Waals surface area contributed by atoms with Gasteiger partial charge in [-0.3, -0.25) is 4.90 Å². The van der Waals surface area contributed by atoms with E-state index in [1.807, 2.05) is 0 Å². The summed E-state index contributed by atoms with van der Waals surface area (Å²) >= 11 is 1.32. The van der Waals surface area contributed by atoms with Crippen LogP contribution in [0.1, 0.15) is 16.2 Å². The summed E-state index contributed by atoms with van der Waals surface area (Å²) in [7, 11) is 0. The molecule has 1 aromatic heterocycles. The van der Waals surface area contributed by atoms with Crippen LogP contribution in [0.4, 0.5) is 13.2 Å². The molecule has 1 rings (SSSR count). The molecule has 0 saturated heterocycles. The van der Waals surface area contributed by atoms with Crippen LogP contribution >= 0.6 is 11.3 Å². The molecule has 0 aliphatic carbocycles. The van der Waals surface area contributed by atoms with Gasteiger partial charge in [0.1, 0.15) is 0 Å². The zero-order valence-electron chi connectivity index (χ0n) is 10.8. The lowest BCUT2D eigenvalue weighted by Crippen LogP contribution is -2.35. The second kappa shape index (κ2) is 8.27. The molecule has 3 nitrogen and oxygen atoms in total. The Hall–Kier alpha value is -1.07. The zero-order valence-corrected chi connectivity index (χ0v) is 11.6. The first-order valence-corrected chi connectivity index (χ1v) is 6.84. The Balaban J connectivity index is 2.63. The number of halogens is 3. The number of hydrogen-bond acceptors (Lipinski definition) is 4. The molecule has 1 aromatic rings.